The third-order valence-corrected chi connectivity index (χ3v) is 4.63. The van der Waals surface area contributed by atoms with Gasteiger partial charge in [-0.05, 0) is 10.8 Å². The summed E-state index contributed by atoms with van der Waals surface area (Å²) in [5.41, 5.74) is 1.70. The van der Waals surface area contributed by atoms with E-state index in [9.17, 15) is 9.46 Å². The molecular weight excluding hydrogens is 261 g/mol. The van der Waals surface area contributed by atoms with E-state index in [1.165, 1.54) is 6.66 Å². The summed E-state index contributed by atoms with van der Waals surface area (Å²) in [6.07, 6.45) is 0.373. The molecular formula is C14H14NO3P. The van der Waals surface area contributed by atoms with E-state index in [0.29, 0.717) is 6.42 Å². The largest absolute Gasteiger partial charge is 0.381 e. The molecule has 0 saturated heterocycles. The minimum absolute atomic E-state index is 0.373. The molecule has 2 unspecified atom stereocenters. The highest BCUT2D eigenvalue weighted by atomic mass is 31.2. The van der Waals surface area contributed by atoms with Gasteiger partial charge in [0.1, 0.15) is 0 Å². The molecule has 3 rings (SSSR count). The molecule has 98 valence electrons. The molecule has 0 saturated carbocycles. The Labute approximate surface area is 111 Å². The van der Waals surface area contributed by atoms with E-state index >= 15 is 0 Å². The van der Waals surface area contributed by atoms with Crippen molar-refractivity contribution in [2.75, 3.05) is 6.66 Å². The van der Waals surface area contributed by atoms with Gasteiger partial charge >= 0.3 is 0 Å². The molecule has 0 amide bonds. The highest BCUT2D eigenvalue weighted by molar-refractivity contribution is 7.57. The summed E-state index contributed by atoms with van der Waals surface area (Å²) in [6.45, 7) is 1.30. The second kappa shape index (κ2) is 4.48. The molecule has 2 aromatic carbocycles. The first kappa shape index (κ1) is 12.4. The molecule has 1 heterocycles. The molecule has 4 nitrogen and oxygen atoms in total. The van der Waals surface area contributed by atoms with Crippen LogP contribution in [0.5, 0.6) is 0 Å². The van der Waals surface area contributed by atoms with Crippen LogP contribution in [-0.4, -0.2) is 23.1 Å². The highest BCUT2D eigenvalue weighted by Gasteiger charge is 2.34. The number of oxime groups is 1. The van der Waals surface area contributed by atoms with Gasteiger partial charge in [0.05, 0.1) is 5.71 Å². The number of fused-ring (bicyclic) bond motifs is 1. The summed E-state index contributed by atoms with van der Waals surface area (Å²) in [5.74, 6) is -0.721. The minimum Gasteiger partial charge on any atom is -0.381 e. The fourth-order valence-electron chi connectivity index (χ4n) is 2.26. The smallest absolute Gasteiger partial charge is 0.240 e. The third kappa shape index (κ3) is 2.29. The van der Waals surface area contributed by atoms with Crippen LogP contribution in [0.1, 0.15) is 12.0 Å². The monoisotopic (exact) mass is 275 g/mol. The van der Waals surface area contributed by atoms with Crippen LogP contribution in [0.25, 0.3) is 10.8 Å². The van der Waals surface area contributed by atoms with Crippen LogP contribution in [0.3, 0.4) is 0 Å². The van der Waals surface area contributed by atoms with E-state index in [-0.39, 0.29) is 0 Å². The Morgan fingerprint density at radius 1 is 1.26 bits per heavy atom. The maximum atomic E-state index is 11.6. The highest BCUT2D eigenvalue weighted by Crippen LogP contribution is 2.47. The molecule has 0 bridgehead atoms. The lowest BCUT2D eigenvalue weighted by atomic mass is 10.00. The van der Waals surface area contributed by atoms with Gasteiger partial charge < -0.3 is 9.73 Å². The predicted octanol–water partition coefficient (Wildman–Crippen LogP) is 3.19. The SMILES string of the molecule is CP(=O)(O)C1CC(c2cccc3ccccc23)=NO1. The molecule has 1 aliphatic rings. The van der Waals surface area contributed by atoms with Gasteiger partial charge in [-0.15, -0.1) is 0 Å². The number of rotatable bonds is 2. The van der Waals surface area contributed by atoms with Gasteiger partial charge in [-0.3, -0.25) is 4.57 Å². The predicted molar refractivity (Wildman–Crippen MR) is 75.7 cm³/mol. The second-order valence-corrected chi connectivity index (χ2v) is 7.23. The molecule has 19 heavy (non-hydrogen) atoms. The van der Waals surface area contributed by atoms with Crippen molar-refractivity contribution in [1.29, 1.82) is 0 Å². The zero-order chi connectivity index (χ0) is 13.5. The molecule has 0 radical (unpaired) electrons. The Hall–Kier alpha value is -1.64. The van der Waals surface area contributed by atoms with Crippen LogP contribution in [0.15, 0.2) is 47.6 Å². The standard InChI is InChI=1S/C14H14NO3P/c1-19(16,17)14-9-13(15-18-14)12-8-4-6-10-5-2-3-7-11(10)12/h2-8,14H,9H2,1H3,(H,16,17). The number of benzene rings is 2. The van der Waals surface area contributed by atoms with E-state index in [4.69, 9.17) is 4.84 Å². The van der Waals surface area contributed by atoms with Crippen molar-refractivity contribution in [2.45, 2.75) is 12.3 Å². The van der Waals surface area contributed by atoms with Crippen LogP contribution in [0.2, 0.25) is 0 Å². The fourth-order valence-corrected chi connectivity index (χ4v) is 2.99. The molecule has 5 heteroatoms. The lowest BCUT2D eigenvalue weighted by Crippen LogP contribution is -2.08. The summed E-state index contributed by atoms with van der Waals surface area (Å²) in [4.78, 5) is 14.7. The van der Waals surface area contributed by atoms with Crippen molar-refractivity contribution in [3.63, 3.8) is 0 Å². The number of nitrogens with zero attached hydrogens (tertiary/aromatic N) is 1. The van der Waals surface area contributed by atoms with E-state index in [2.05, 4.69) is 5.16 Å². The summed E-state index contributed by atoms with van der Waals surface area (Å²) in [7, 11) is -3.27. The fraction of sp³-hybridized carbons (Fsp3) is 0.214. The lowest BCUT2D eigenvalue weighted by Gasteiger charge is -2.11. The number of hydrogen-bond donors (Lipinski definition) is 1. The Morgan fingerprint density at radius 3 is 2.74 bits per heavy atom. The van der Waals surface area contributed by atoms with Crippen molar-refractivity contribution in [2.24, 2.45) is 5.16 Å². The Bertz CT molecular complexity index is 699. The molecule has 0 spiro atoms. The molecule has 0 fully saturated rings. The average molecular weight is 275 g/mol. The van der Waals surface area contributed by atoms with Crippen molar-refractivity contribution in [1.82, 2.24) is 0 Å². The lowest BCUT2D eigenvalue weighted by molar-refractivity contribution is 0.131. The van der Waals surface area contributed by atoms with Gasteiger partial charge in [0.2, 0.25) is 13.2 Å². The van der Waals surface area contributed by atoms with Crippen LogP contribution in [0.4, 0.5) is 0 Å². The van der Waals surface area contributed by atoms with Crippen LogP contribution >= 0.6 is 7.37 Å². The first-order valence-electron chi connectivity index (χ1n) is 6.06. The Morgan fingerprint density at radius 2 is 2.00 bits per heavy atom. The number of hydrogen-bond acceptors (Lipinski definition) is 3. The van der Waals surface area contributed by atoms with E-state index in [0.717, 1.165) is 22.0 Å². The molecule has 1 aliphatic heterocycles. The van der Waals surface area contributed by atoms with Crippen molar-refractivity contribution < 1.29 is 14.3 Å². The van der Waals surface area contributed by atoms with Gasteiger partial charge in [-0.1, -0.05) is 47.6 Å². The Kier molecular flexibility index (Phi) is 2.92. The van der Waals surface area contributed by atoms with E-state index in [1.54, 1.807) is 0 Å². The zero-order valence-corrected chi connectivity index (χ0v) is 11.4. The van der Waals surface area contributed by atoms with Gasteiger partial charge in [0.15, 0.2) is 0 Å². The van der Waals surface area contributed by atoms with Crippen LogP contribution < -0.4 is 0 Å². The van der Waals surface area contributed by atoms with Crippen LogP contribution in [-0.2, 0) is 9.40 Å². The maximum absolute atomic E-state index is 11.6. The van der Waals surface area contributed by atoms with Crippen LogP contribution in [0, 0.1) is 0 Å². The summed E-state index contributed by atoms with van der Waals surface area (Å²) in [6, 6.07) is 14.0. The topological polar surface area (TPSA) is 58.9 Å². The average Bonchev–Trinajstić information content (AvgIpc) is 2.87. The molecule has 0 aliphatic carbocycles. The first-order chi connectivity index (χ1) is 9.05. The van der Waals surface area contributed by atoms with Gasteiger partial charge in [-0.2, -0.15) is 0 Å². The summed E-state index contributed by atoms with van der Waals surface area (Å²) >= 11 is 0. The van der Waals surface area contributed by atoms with Crippen molar-refractivity contribution in [3.8, 4) is 0 Å². The molecule has 2 aromatic rings. The first-order valence-corrected chi connectivity index (χ1v) is 8.24. The molecule has 1 N–H and O–H groups in total. The minimum atomic E-state index is -3.27. The van der Waals surface area contributed by atoms with Crippen molar-refractivity contribution in [3.05, 3.63) is 48.0 Å². The quantitative estimate of drug-likeness (QED) is 0.856. The molecule has 0 aromatic heterocycles. The Balaban J connectivity index is 2.01. The van der Waals surface area contributed by atoms with Gasteiger partial charge in [-0.25, -0.2) is 0 Å². The normalized spacial score (nSPS) is 21.8. The van der Waals surface area contributed by atoms with Gasteiger partial charge in [0, 0.05) is 18.6 Å². The van der Waals surface area contributed by atoms with E-state index < -0.39 is 13.2 Å². The second-order valence-electron chi connectivity index (χ2n) is 4.77. The van der Waals surface area contributed by atoms with E-state index in [1.807, 2.05) is 42.5 Å². The molecule has 2 atom stereocenters. The zero-order valence-electron chi connectivity index (χ0n) is 10.5. The van der Waals surface area contributed by atoms with Crippen molar-refractivity contribution >= 4 is 23.9 Å². The maximum Gasteiger partial charge on any atom is 0.240 e. The van der Waals surface area contributed by atoms with Gasteiger partial charge in [0.25, 0.3) is 0 Å². The summed E-state index contributed by atoms with van der Waals surface area (Å²) in [5, 5.41) is 6.19. The summed E-state index contributed by atoms with van der Waals surface area (Å²) < 4.78 is 11.6. The third-order valence-electron chi connectivity index (χ3n) is 3.29.